The van der Waals surface area contributed by atoms with Crippen molar-refractivity contribution >= 4 is 28.5 Å². The lowest BCUT2D eigenvalue weighted by molar-refractivity contribution is -0.119. The van der Waals surface area contributed by atoms with Gasteiger partial charge >= 0.3 is 5.97 Å². The Balaban J connectivity index is 1.72. The lowest BCUT2D eigenvalue weighted by Crippen LogP contribution is -2.22. The number of para-hydroxylation sites is 1. The van der Waals surface area contributed by atoms with Crippen molar-refractivity contribution in [2.24, 2.45) is 0 Å². The van der Waals surface area contributed by atoms with Crippen LogP contribution in [0.25, 0.3) is 10.9 Å². The lowest BCUT2D eigenvalue weighted by atomic mass is 10.0. The number of nitrogens with zero attached hydrogens (tertiary/aromatic N) is 1. The van der Waals surface area contributed by atoms with Crippen molar-refractivity contribution in [3.8, 4) is 0 Å². The summed E-state index contributed by atoms with van der Waals surface area (Å²) in [6, 6.07) is 11.9. The Morgan fingerprint density at radius 2 is 1.85 bits per heavy atom. The molecule has 1 amide bonds. The predicted octanol–water partition coefficient (Wildman–Crippen LogP) is 4.09. The van der Waals surface area contributed by atoms with E-state index in [1.807, 2.05) is 31.2 Å². The molecule has 0 radical (unpaired) electrons. The number of carbonyl (C=O) groups is 2. The van der Waals surface area contributed by atoms with Crippen molar-refractivity contribution in [2.45, 2.75) is 20.8 Å². The number of amides is 1. The summed E-state index contributed by atoms with van der Waals surface area (Å²) in [5.74, 6) is -1.79. The van der Waals surface area contributed by atoms with Gasteiger partial charge in [0.15, 0.2) is 6.61 Å². The van der Waals surface area contributed by atoms with Crippen LogP contribution in [0.4, 0.5) is 10.1 Å². The summed E-state index contributed by atoms with van der Waals surface area (Å²) in [6.07, 6.45) is 0. The van der Waals surface area contributed by atoms with Crippen LogP contribution in [0.2, 0.25) is 0 Å². The van der Waals surface area contributed by atoms with E-state index in [2.05, 4.69) is 10.3 Å². The molecule has 0 aliphatic rings. The van der Waals surface area contributed by atoms with Gasteiger partial charge in [-0.2, -0.15) is 0 Å². The van der Waals surface area contributed by atoms with E-state index < -0.39 is 24.3 Å². The molecule has 0 saturated heterocycles. The molecule has 3 aromatic rings. The zero-order valence-electron chi connectivity index (χ0n) is 15.3. The van der Waals surface area contributed by atoms with Crippen LogP contribution >= 0.6 is 0 Å². The van der Waals surface area contributed by atoms with Crippen LogP contribution < -0.4 is 5.32 Å². The van der Waals surface area contributed by atoms with Gasteiger partial charge in [-0.3, -0.25) is 9.78 Å². The third-order valence-electron chi connectivity index (χ3n) is 4.27. The van der Waals surface area contributed by atoms with Gasteiger partial charge in [-0.15, -0.1) is 0 Å². The van der Waals surface area contributed by atoms with E-state index >= 15 is 0 Å². The molecule has 0 aliphatic heterocycles. The molecule has 1 heterocycles. The number of halogens is 1. The number of nitrogens with one attached hydrogen (secondary N) is 1. The summed E-state index contributed by atoms with van der Waals surface area (Å²) in [4.78, 5) is 28.9. The Morgan fingerprint density at radius 3 is 2.59 bits per heavy atom. The van der Waals surface area contributed by atoms with Crippen molar-refractivity contribution in [2.75, 3.05) is 11.9 Å². The Hall–Kier alpha value is -3.28. The highest BCUT2D eigenvalue weighted by atomic mass is 19.1. The number of aromatic nitrogens is 1. The fourth-order valence-corrected chi connectivity index (χ4v) is 2.94. The number of anilines is 1. The quantitative estimate of drug-likeness (QED) is 0.706. The average Bonchev–Trinajstić information content (AvgIpc) is 2.62. The van der Waals surface area contributed by atoms with Gasteiger partial charge in [0.05, 0.1) is 22.5 Å². The van der Waals surface area contributed by atoms with Crippen molar-refractivity contribution in [1.82, 2.24) is 4.98 Å². The molecule has 2 aromatic carbocycles. The topological polar surface area (TPSA) is 68.3 Å². The first kappa shape index (κ1) is 18.5. The van der Waals surface area contributed by atoms with Gasteiger partial charge in [-0.1, -0.05) is 24.3 Å². The van der Waals surface area contributed by atoms with Crippen LogP contribution in [0.5, 0.6) is 0 Å². The maximum Gasteiger partial charge on any atom is 0.340 e. The van der Waals surface area contributed by atoms with Crippen LogP contribution in [0.1, 0.15) is 27.2 Å². The minimum absolute atomic E-state index is 0.0429. The van der Waals surface area contributed by atoms with Crippen LogP contribution in [0, 0.1) is 26.6 Å². The molecule has 0 bridgehead atoms. The molecule has 0 atom stereocenters. The summed E-state index contributed by atoms with van der Waals surface area (Å²) < 4.78 is 18.9. The highest BCUT2D eigenvalue weighted by Gasteiger charge is 2.19. The summed E-state index contributed by atoms with van der Waals surface area (Å²) >= 11 is 0. The highest BCUT2D eigenvalue weighted by molar-refractivity contribution is 6.00. The van der Waals surface area contributed by atoms with Crippen LogP contribution in [0.3, 0.4) is 0 Å². The predicted molar refractivity (Wildman–Crippen MR) is 101 cm³/mol. The number of fused-ring (bicyclic) bond motifs is 1. The molecule has 3 rings (SSSR count). The first-order valence-electron chi connectivity index (χ1n) is 8.46. The fraction of sp³-hybridized carbons (Fsp3) is 0.190. The van der Waals surface area contributed by atoms with Crippen LogP contribution in [-0.4, -0.2) is 23.5 Å². The normalized spacial score (nSPS) is 10.7. The molecule has 0 aliphatic carbocycles. The van der Waals surface area contributed by atoms with E-state index in [0.29, 0.717) is 11.3 Å². The second-order valence-corrected chi connectivity index (χ2v) is 6.32. The SMILES string of the molecule is Cc1ccc(NC(=O)COC(=O)c2c(C)nc3ccccc3c2C)c(F)c1. The number of esters is 1. The van der Waals surface area contributed by atoms with Crippen LogP contribution in [0.15, 0.2) is 42.5 Å². The molecule has 27 heavy (non-hydrogen) atoms. The third-order valence-corrected chi connectivity index (χ3v) is 4.27. The highest BCUT2D eigenvalue weighted by Crippen LogP contribution is 2.23. The fourth-order valence-electron chi connectivity index (χ4n) is 2.94. The first-order chi connectivity index (χ1) is 12.9. The Labute approximate surface area is 156 Å². The van der Waals surface area contributed by atoms with E-state index in [1.165, 1.54) is 12.1 Å². The summed E-state index contributed by atoms with van der Waals surface area (Å²) in [7, 11) is 0. The van der Waals surface area contributed by atoms with Gasteiger partial charge in [-0.05, 0) is 50.1 Å². The number of benzene rings is 2. The lowest BCUT2D eigenvalue weighted by Gasteiger charge is -2.12. The van der Waals surface area contributed by atoms with Gasteiger partial charge in [0.1, 0.15) is 5.82 Å². The number of rotatable bonds is 4. The molecule has 0 spiro atoms. The largest absolute Gasteiger partial charge is 0.452 e. The standard InChI is InChI=1S/C21H19FN2O3/c1-12-8-9-18(16(22)10-12)24-19(25)11-27-21(26)20-13(2)15-6-4-5-7-17(15)23-14(20)3/h4-10H,11H2,1-3H3,(H,24,25). The molecule has 6 heteroatoms. The van der Waals surface area contributed by atoms with E-state index in [4.69, 9.17) is 4.74 Å². The molecule has 0 saturated carbocycles. The van der Waals surface area contributed by atoms with Gasteiger partial charge in [0.2, 0.25) is 0 Å². The Bertz CT molecular complexity index is 1050. The van der Waals surface area contributed by atoms with Gasteiger partial charge in [0.25, 0.3) is 5.91 Å². The summed E-state index contributed by atoms with van der Waals surface area (Å²) in [5, 5.41) is 3.24. The van der Waals surface area contributed by atoms with Gasteiger partial charge in [-0.25, -0.2) is 9.18 Å². The summed E-state index contributed by atoms with van der Waals surface area (Å²) in [6.45, 7) is 4.77. The number of carbonyl (C=O) groups excluding carboxylic acids is 2. The number of pyridine rings is 1. The minimum atomic E-state index is -0.636. The Kier molecular flexibility index (Phi) is 5.16. The van der Waals surface area contributed by atoms with Crippen molar-refractivity contribution in [3.05, 3.63) is 70.7 Å². The molecular weight excluding hydrogens is 347 g/mol. The smallest absolute Gasteiger partial charge is 0.340 e. The maximum absolute atomic E-state index is 13.8. The van der Waals surface area contributed by atoms with E-state index in [-0.39, 0.29) is 5.69 Å². The summed E-state index contributed by atoms with van der Waals surface area (Å²) in [5.41, 5.74) is 3.18. The first-order valence-corrected chi connectivity index (χ1v) is 8.46. The number of ether oxygens (including phenoxy) is 1. The zero-order valence-corrected chi connectivity index (χ0v) is 15.3. The second kappa shape index (κ2) is 7.53. The van der Waals surface area contributed by atoms with E-state index in [9.17, 15) is 14.0 Å². The van der Waals surface area contributed by atoms with Gasteiger partial charge in [0, 0.05) is 5.39 Å². The number of hydrogen-bond acceptors (Lipinski definition) is 4. The molecule has 1 N–H and O–H groups in total. The van der Waals surface area contributed by atoms with Crippen LogP contribution in [-0.2, 0) is 9.53 Å². The van der Waals surface area contributed by atoms with Crippen molar-refractivity contribution in [1.29, 1.82) is 0 Å². The molecule has 138 valence electrons. The maximum atomic E-state index is 13.8. The third kappa shape index (κ3) is 3.95. The second-order valence-electron chi connectivity index (χ2n) is 6.32. The molecule has 1 aromatic heterocycles. The minimum Gasteiger partial charge on any atom is -0.452 e. The number of hydrogen-bond donors (Lipinski definition) is 1. The van der Waals surface area contributed by atoms with E-state index in [0.717, 1.165) is 22.0 Å². The Morgan fingerprint density at radius 1 is 1.11 bits per heavy atom. The van der Waals surface area contributed by atoms with Crippen molar-refractivity contribution in [3.63, 3.8) is 0 Å². The average molecular weight is 366 g/mol. The van der Waals surface area contributed by atoms with E-state index in [1.54, 1.807) is 19.9 Å². The van der Waals surface area contributed by atoms with Gasteiger partial charge < -0.3 is 10.1 Å². The molecule has 5 nitrogen and oxygen atoms in total. The zero-order chi connectivity index (χ0) is 19.6. The molecule has 0 fully saturated rings. The molecule has 0 unspecified atom stereocenters. The van der Waals surface area contributed by atoms with Crippen molar-refractivity contribution < 1.29 is 18.7 Å². The monoisotopic (exact) mass is 366 g/mol. The number of aryl methyl sites for hydroxylation is 3. The molecular formula is C21H19FN2O3.